The van der Waals surface area contributed by atoms with Gasteiger partial charge in [-0.15, -0.1) is 0 Å². The third-order valence-corrected chi connectivity index (χ3v) is 8.50. The van der Waals surface area contributed by atoms with E-state index in [4.69, 9.17) is 40.0 Å². The predicted molar refractivity (Wildman–Crippen MR) is 233 cm³/mol. The first kappa shape index (κ1) is 53.7. The highest BCUT2D eigenvalue weighted by Crippen LogP contribution is 2.28. The van der Waals surface area contributed by atoms with E-state index in [0.717, 1.165) is 0 Å². The number of aliphatic imine (C=N–C) groups is 1. The van der Waals surface area contributed by atoms with Gasteiger partial charge in [0, 0.05) is 0 Å². The lowest BCUT2D eigenvalue weighted by Gasteiger charge is -2.29. The first-order chi connectivity index (χ1) is 28.4. The minimum Gasteiger partial charge on any atom is -0.460 e. The van der Waals surface area contributed by atoms with E-state index in [0.29, 0.717) is 4.31 Å². The molecule has 19 nitrogen and oxygen atoms in total. The Morgan fingerprint density at radius 3 is 1.59 bits per heavy atom. The van der Waals surface area contributed by atoms with E-state index >= 15 is 0 Å². The molecular weight excluding hydrogens is 866 g/mol. The highest BCUT2D eigenvalue weighted by molar-refractivity contribution is 7.87. The molecule has 21 heteroatoms. The fourth-order valence-electron chi connectivity index (χ4n) is 4.64. The van der Waals surface area contributed by atoms with Crippen molar-refractivity contribution >= 4 is 69.6 Å². The van der Waals surface area contributed by atoms with Gasteiger partial charge >= 0.3 is 46.4 Å². The molecule has 0 spiro atoms. The third kappa shape index (κ3) is 21.0. The van der Waals surface area contributed by atoms with Crippen molar-refractivity contribution in [2.75, 3.05) is 0 Å². The Labute approximate surface area is 374 Å². The Morgan fingerprint density at radius 2 is 1.14 bits per heavy atom. The zero-order valence-electron chi connectivity index (χ0n) is 38.4. The van der Waals surface area contributed by atoms with E-state index in [9.17, 15) is 37.2 Å². The van der Waals surface area contributed by atoms with Gasteiger partial charge in [-0.3, -0.25) is 20.2 Å². The van der Waals surface area contributed by atoms with Gasteiger partial charge in [-0.1, -0.05) is 17.7 Å². The van der Waals surface area contributed by atoms with E-state index in [-0.39, 0.29) is 33.5 Å². The SMILES string of the molecule is CC(C)(C)OC(=O)C[C@H](NS(=O)(=O)N(Cc1ccc(OC(=O)c2ccc(N=C(NC(=O)OC(C)(C)C)NC(=O)OC(C)(C)C)cc2)c(Cl)c1)C(=O)OC(C)(C)C)C(=O)OC(C)(C)C. The summed E-state index contributed by atoms with van der Waals surface area (Å²) < 4.78 is 62.3. The number of carbonyl (C=O) groups is 6. The minimum absolute atomic E-state index is 0.0371. The standard InChI is InChI=1S/C42H60ClN5O14S/c1-38(2,3)58-31(49)23-29(33(51)59-39(4,5)6)47-63(55,56)48(37(54)62-42(13,14)15)24-25-16-21-30(28(43)22-25)57-32(50)26-17-19-27(20-18-26)44-34(45-35(52)60-40(7,8)9)46-36(53)61-41(10,11)12/h16-22,29,47H,23-24H2,1-15H3,(H2,44,45,46,52,53)/t29-/m0/s1. The monoisotopic (exact) mass is 925 g/mol. The number of nitrogens with zero attached hydrogens (tertiary/aromatic N) is 2. The lowest BCUT2D eigenvalue weighted by molar-refractivity contribution is -0.164. The first-order valence-electron chi connectivity index (χ1n) is 19.6. The van der Waals surface area contributed by atoms with Crippen LogP contribution in [-0.2, 0) is 50.0 Å². The molecule has 0 aromatic heterocycles. The fourth-order valence-corrected chi connectivity index (χ4v) is 6.10. The number of carbonyl (C=O) groups excluding carboxylic acids is 6. The molecule has 0 unspecified atom stereocenters. The van der Waals surface area contributed by atoms with Crippen LogP contribution >= 0.6 is 11.6 Å². The Morgan fingerprint density at radius 1 is 0.667 bits per heavy atom. The Hall–Kier alpha value is -5.47. The number of nitrogens with one attached hydrogen (secondary N) is 3. The molecule has 3 N–H and O–H groups in total. The minimum atomic E-state index is -4.99. The van der Waals surface area contributed by atoms with Gasteiger partial charge in [0.05, 0.1) is 29.2 Å². The number of ether oxygens (including phenoxy) is 6. The van der Waals surface area contributed by atoms with Crippen LogP contribution in [0, 0.1) is 0 Å². The molecule has 3 amide bonds. The molecule has 0 aliphatic heterocycles. The number of esters is 3. The third-order valence-electron chi connectivity index (χ3n) is 6.77. The van der Waals surface area contributed by atoms with E-state index in [2.05, 4.69) is 20.3 Å². The Bertz CT molecular complexity index is 2110. The molecule has 2 aromatic carbocycles. The van der Waals surface area contributed by atoms with Crippen LogP contribution in [0.4, 0.5) is 20.1 Å². The average molecular weight is 926 g/mol. The van der Waals surface area contributed by atoms with E-state index < -0.39 is 93.4 Å². The van der Waals surface area contributed by atoms with Crippen molar-refractivity contribution in [3.8, 4) is 5.75 Å². The highest BCUT2D eigenvalue weighted by Gasteiger charge is 2.38. The zero-order chi connectivity index (χ0) is 48.5. The smallest absolute Gasteiger partial charge is 0.425 e. The molecule has 0 aliphatic rings. The van der Waals surface area contributed by atoms with Gasteiger partial charge in [0.2, 0.25) is 5.96 Å². The summed E-state index contributed by atoms with van der Waals surface area (Å²) in [5.74, 6) is -3.34. The lowest BCUT2D eigenvalue weighted by Crippen LogP contribution is -2.52. The van der Waals surface area contributed by atoms with Crippen molar-refractivity contribution < 1.29 is 65.6 Å². The second-order valence-corrected chi connectivity index (χ2v) is 20.9. The molecule has 0 aliphatic carbocycles. The molecule has 0 heterocycles. The van der Waals surface area contributed by atoms with Crippen LogP contribution in [-0.4, -0.2) is 88.9 Å². The average Bonchev–Trinajstić information content (AvgIpc) is 3.03. The number of benzene rings is 2. The summed E-state index contributed by atoms with van der Waals surface area (Å²) in [6.07, 6.45) is -3.91. The second-order valence-electron chi connectivity index (χ2n) is 18.9. The molecule has 350 valence electrons. The van der Waals surface area contributed by atoms with Crippen molar-refractivity contribution in [2.45, 2.75) is 151 Å². The Balaban J connectivity index is 2.39. The maximum absolute atomic E-state index is 13.9. The van der Waals surface area contributed by atoms with Crippen LogP contribution in [0.25, 0.3) is 0 Å². The van der Waals surface area contributed by atoms with Gasteiger partial charge in [0.25, 0.3) is 0 Å². The zero-order valence-corrected chi connectivity index (χ0v) is 40.0. The Kier molecular flexibility index (Phi) is 17.7. The number of amides is 3. The molecule has 0 radical (unpaired) electrons. The van der Waals surface area contributed by atoms with Gasteiger partial charge in [-0.05, 0) is 146 Å². The van der Waals surface area contributed by atoms with Crippen molar-refractivity contribution in [3.63, 3.8) is 0 Å². The molecule has 1 atom stereocenters. The van der Waals surface area contributed by atoms with Crippen molar-refractivity contribution in [3.05, 3.63) is 58.6 Å². The molecule has 63 heavy (non-hydrogen) atoms. The van der Waals surface area contributed by atoms with Gasteiger partial charge in [-0.2, -0.15) is 17.4 Å². The number of rotatable bonds is 11. The number of halogens is 1. The highest BCUT2D eigenvalue weighted by atomic mass is 35.5. The summed E-state index contributed by atoms with van der Waals surface area (Å²) in [6, 6.07) is 7.54. The van der Waals surface area contributed by atoms with Gasteiger partial charge < -0.3 is 28.4 Å². The van der Waals surface area contributed by atoms with Gasteiger partial charge in [0.1, 0.15) is 39.8 Å². The van der Waals surface area contributed by atoms with Crippen LogP contribution in [0.1, 0.15) is 126 Å². The molecule has 0 fully saturated rings. The molecule has 2 rings (SSSR count). The summed E-state index contributed by atoms with van der Waals surface area (Å²) in [5, 5.41) is 4.56. The maximum Gasteiger partial charge on any atom is 0.425 e. The predicted octanol–water partition coefficient (Wildman–Crippen LogP) is 7.61. The summed E-state index contributed by atoms with van der Waals surface area (Å²) in [7, 11) is -4.99. The molecule has 0 saturated carbocycles. The molecular formula is C42H60ClN5O14S. The fraction of sp³-hybridized carbons (Fsp3) is 0.548. The lowest BCUT2D eigenvalue weighted by atomic mass is 10.1. The number of alkyl carbamates (subject to hydrolysis) is 2. The molecule has 0 bridgehead atoms. The van der Waals surface area contributed by atoms with Crippen LogP contribution in [0.2, 0.25) is 5.02 Å². The topological polar surface area (TPSA) is 244 Å². The van der Waals surface area contributed by atoms with Crippen LogP contribution in [0.5, 0.6) is 5.75 Å². The van der Waals surface area contributed by atoms with Gasteiger partial charge in [0.15, 0.2) is 0 Å². The second kappa shape index (κ2) is 20.8. The number of guanidine groups is 1. The maximum atomic E-state index is 13.9. The van der Waals surface area contributed by atoms with E-state index in [1.807, 2.05) is 0 Å². The quantitative estimate of drug-likeness (QED) is 0.0646. The summed E-state index contributed by atoms with van der Waals surface area (Å²) in [4.78, 5) is 81.8. The molecule has 2 aromatic rings. The van der Waals surface area contributed by atoms with Gasteiger partial charge in [-0.25, -0.2) is 24.2 Å². The summed E-state index contributed by atoms with van der Waals surface area (Å²) >= 11 is 6.49. The van der Waals surface area contributed by atoms with E-state index in [1.54, 1.807) is 83.1 Å². The van der Waals surface area contributed by atoms with Crippen molar-refractivity contribution in [2.24, 2.45) is 4.99 Å². The first-order valence-corrected chi connectivity index (χ1v) is 21.4. The van der Waals surface area contributed by atoms with Crippen molar-refractivity contribution in [1.82, 2.24) is 19.7 Å². The summed E-state index contributed by atoms with van der Waals surface area (Å²) in [5.41, 5.74) is -4.57. The normalized spacial score (nSPS) is 12.8. The summed E-state index contributed by atoms with van der Waals surface area (Å²) in [6.45, 7) is 23.2. The van der Waals surface area contributed by atoms with Crippen LogP contribution in [0.15, 0.2) is 47.5 Å². The van der Waals surface area contributed by atoms with E-state index in [1.165, 1.54) is 63.2 Å². The van der Waals surface area contributed by atoms with Crippen LogP contribution in [0.3, 0.4) is 0 Å². The molecule has 0 saturated heterocycles. The number of hydrogen-bond acceptors (Lipinski definition) is 15. The van der Waals surface area contributed by atoms with Crippen molar-refractivity contribution in [1.29, 1.82) is 0 Å². The van der Waals surface area contributed by atoms with Crippen LogP contribution < -0.4 is 20.1 Å². The number of hydrogen-bond donors (Lipinski definition) is 3. The largest absolute Gasteiger partial charge is 0.460 e.